The van der Waals surface area contributed by atoms with Gasteiger partial charge < -0.3 is 5.73 Å². The predicted molar refractivity (Wildman–Crippen MR) is 67.6 cm³/mol. The van der Waals surface area contributed by atoms with E-state index in [1.807, 2.05) is 0 Å². The van der Waals surface area contributed by atoms with Gasteiger partial charge in [0.15, 0.2) is 0 Å². The van der Waals surface area contributed by atoms with Crippen LogP contribution in [-0.2, 0) is 5.41 Å². The highest BCUT2D eigenvalue weighted by molar-refractivity contribution is 5.37. The van der Waals surface area contributed by atoms with E-state index < -0.39 is 0 Å². The molecular formula is C15H21N. The predicted octanol–water partition coefficient (Wildman–Crippen LogP) is 3.33. The van der Waals surface area contributed by atoms with Gasteiger partial charge in [-0.1, -0.05) is 38.1 Å². The lowest BCUT2D eigenvalue weighted by atomic mass is 9.75. The third-order valence-electron chi connectivity index (χ3n) is 4.69. The molecule has 1 heteroatoms. The molecule has 2 aliphatic rings. The molecule has 2 aliphatic carbocycles. The minimum absolute atomic E-state index is 0.0508. The molecule has 1 aromatic carbocycles. The monoisotopic (exact) mass is 215 g/mol. The molecule has 0 aromatic heterocycles. The topological polar surface area (TPSA) is 26.0 Å². The van der Waals surface area contributed by atoms with E-state index in [4.69, 9.17) is 5.73 Å². The van der Waals surface area contributed by atoms with Gasteiger partial charge in [0.25, 0.3) is 0 Å². The van der Waals surface area contributed by atoms with Crippen LogP contribution in [0.15, 0.2) is 24.3 Å². The summed E-state index contributed by atoms with van der Waals surface area (Å²) in [5, 5.41) is 0. The molecule has 0 aliphatic heterocycles. The Bertz CT molecular complexity index is 411. The molecule has 86 valence electrons. The average Bonchev–Trinajstić information content (AvgIpc) is 3.12. The summed E-state index contributed by atoms with van der Waals surface area (Å²) in [5.41, 5.74) is 9.52. The molecule has 16 heavy (non-hydrogen) atoms. The largest absolute Gasteiger partial charge is 0.324 e. The lowest BCUT2D eigenvalue weighted by Crippen LogP contribution is -2.43. The molecule has 0 spiro atoms. The van der Waals surface area contributed by atoms with E-state index in [0.717, 1.165) is 5.92 Å². The first-order chi connectivity index (χ1) is 7.53. The minimum Gasteiger partial charge on any atom is -0.324 e. The number of hydrogen-bond donors (Lipinski definition) is 1. The second kappa shape index (κ2) is 3.10. The van der Waals surface area contributed by atoms with E-state index in [2.05, 4.69) is 38.1 Å². The average molecular weight is 215 g/mol. The highest BCUT2D eigenvalue weighted by atomic mass is 14.9. The van der Waals surface area contributed by atoms with Crippen molar-refractivity contribution in [2.45, 2.75) is 56.4 Å². The molecule has 2 fully saturated rings. The molecule has 2 saturated carbocycles. The smallest absolute Gasteiger partial charge is 0.0248 e. The van der Waals surface area contributed by atoms with Crippen LogP contribution in [0, 0.1) is 0 Å². The Morgan fingerprint density at radius 1 is 1.25 bits per heavy atom. The van der Waals surface area contributed by atoms with Gasteiger partial charge in [-0.05, 0) is 42.7 Å². The van der Waals surface area contributed by atoms with E-state index in [1.54, 1.807) is 0 Å². The van der Waals surface area contributed by atoms with E-state index in [0.29, 0.717) is 0 Å². The molecule has 0 atom stereocenters. The van der Waals surface area contributed by atoms with Gasteiger partial charge in [0, 0.05) is 11.0 Å². The fourth-order valence-electron chi connectivity index (χ4n) is 2.65. The van der Waals surface area contributed by atoms with Crippen molar-refractivity contribution in [1.29, 1.82) is 0 Å². The Balaban J connectivity index is 1.96. The van der Waals surface area contributed by atoms with Gasteiger partial charge in [-0.2, -0.15) is 0 Å². The van der Waals surface area contributed by atoms with Crippen LogP contribution in [0.5, 0.6) is 0 Å². The fourth-order valence-corrected chi connectivity index (χ4v) is 2.65. The highest BCUT2D eigenvalue weighted by Gasteiger charge is 2.51. The van der Waals surface area contributed by atoms with Crippen molar-refractivity contribution < 1.29 is 0 Å². The van der Waals surface area contributed by atoms with Crippen molar-refractivity contribution in [2.24, 2.45) is 5.73 Å². The first-order valence-corrected chi connectivity index (χ1v) is 6.42. The summed E-state index contributed by atoms with van der Waals surface area (Å²) in [4.78, 5) is 0. The van der Waals surface area contributed by atoms with Crippen LogP contribution >= 0.6 is 0 Å². The minimum atomic E-state index is 0.0508. The van der Waals surface area contributed by atoms with Gasteiger partial charge in [0.2, 0.25) is 0 Å². The molecule has 0 radical (unpaired) electrons. The number of rotatable bonds is 3. The molecule has 0 amide bonds. The summed E-state index contributed by atoms with van der Waals surface area (Å²) in [6.45, 7) is 4.60. The molecule has 1 aromatic rings. The first kappa shape index (κ1) is 10.3. The van der Waals surface area contributed by atoms with Gasteiger partial charge in [0.1, 0.15) is 0 Å². The first-order valence-electron chi connectivity index (χ1n) is 6.42. The van der Waals surface area contributed by atoms with Crippen LogP contribution in [0.2, 0.25) is 0 Å². The van der Waals surface area contributed by atoms with E-state index >= 15 is 0 Å². The van der Waals surface area contributed by atoms with Gasteiger partial charge in [-0.3, -0.25) is 0 Å². The highest BCUT2D eigenvalue weighted by Crippen LogP contribution is 2.50. The zero-order valence-electron chi connectivity index (χ0n) is 10.3. The molecule has 1 nitrogen and oxygen atoms in total. The number of nitrogens with two attached hydrogens (primary N) is 1. The van der Waals surface area contributed by atoms with Gasteiger partial charge >= 0.3 is 0 Å². The molecule has 0 bridgehead atoms. The summed E-state index contributed by atoms with van der Waals surface area (Å²) in [5.74, 6) is 0.837. The van der Waals surface area contributed by atoms with Crippen LogP contribution in [0.1, 0.15) is 56.6 Å². The van der Waals surface area contributed by atoms with Gasteiger partial charge in [-0.15, -0.1) is 0 Å². The fraction of sp³-hybridized carbons (Fsp3) is 0.600. The normalized spacial score (nSPS) is 23.2. The Morgan fingerprint density at radius 2 is 1.94 bits per heavy atom. The Labute approximate surface area is 98.0 Å². The SMILES string of the molecule is CC(C)(c1cccc(C2CC2)c1)C1(N)CC1. The second-order valence-electron chi connectivity index (χ2n) is 6.18. The standard InChI is InChI=1S/C15H21N/c1-14(2,15(16)8-9-15)13-5-3-4-12(10-13)11-6-7-11/h3-5,10-11H,6-9,16H2,1-2H3. The lowest BCUT2D eigenvalue weighted by Gasteiger charge is -2.33. The van der Waals surface area contributed by atoms with Crippen molar-refractivity contribution in [3.8, 4) is 0 Å². The Morgan fingerprint density at radius 3 is 2.50 bits per heavy atom. The van der Waals surface area contributed by atoms with E-state index in [1.165, 1.54) is 36.8 Å². The summed E-state index contributed by atoms with van der Waals surface area (Å²) in [7, 11) is 0. The number of benzene rings is 1. The van der Waals surface area contributed by atoms with Crippen LogP contribution in [0.25, 0.3) is 0 Å². The van der Waals surface area contributed by atoms with Crippen LogP contribution in [0.3, 0.4) is 0 Å². The Kier molecular flexibility index (Phi) is 2.00. The third-order valence-corrected chi connectivity index (χ3v) is 4.69. The summed E-state index contributed by atoms with van der Waals surface area (Å²) < 4.78 is 0. The molecule has 0 unspecified atom stereocenters. The van der Waals surface area contributed by atoms with Crippen molar-refractivity contribution in [2.75, 3.05) is 0 Å². The van der Waals surface area contributed by atoms with Gasteiger partial charge in [0.05, 0.1) is 0 Å². The summed E-state index contributed by atoms with van der Waals surface area (Å²) in [6, 6.07) is 9.12. The zero-order chi connectivity index (χ0) is 11.4. The van der Waals surface area contributed by atoms with Gasteiger partial charge in [-0.25, -0.2) is 0 Å². The Hall–Kier alpha value is -0.820. The molecule has 2 N–H and O–H groups in total. The van der Waals surface area contributed by atoms with Crippen molar-refractivity contribution in [3.63, 3.8) is 0 Å². The summed E-state index contributed by atoms with van der Waals surface area (Å²) >= 11 is 0. The van der Waals surface area contributed by atoms with Crippen molar-refractivity contribution in [3.05, 3.63) is 35.4 Å². The number of hydrogen-bond acceptors (Lipinski definition) is 1. The van der Waals surface area contributed by atoms with Crippen LogP contribution in [0.4, 0.5) is 0 Å². The van der Waals surface area contributed by atoms with E-state index in [9.17, 15) is 0 Å². The molecule has 3 rings (SSSR count). The van der Waals surface area contributed by atoms with Crippen molar-refractivity contribution in [1.82, 2.24) is 0 Å². The maximum atomic E-state index is 6.40. The maximum absolute atomic E-state index is 6.40. The third kappa shape index (κ3) is 1.49. The molecule has 0 saturated heterocycles. The second-order valence-corrected chi connectivity index (χ2v) is 6.18. The van der Waals surface area contributed by atoms with Crippen LogP contribution in [-0.4, -0.2) is 5.54 Å². The quantitative estimate of drug-likeness (QED) is 0.822. The zero-order valence-corrected chi connectivity index (χ0v) is 10.3. The van der Waals surface area contributed by atoms with Crippen molar-refractivity contribution >= 4 is 0 Å². The van der Waals surface area contributed by atoms with Crippen LogP contribution < -0.4 is 5.73 Å². The lowest BCUT2D eigenvalue weighted by molar-refractivity contribution is 0.391. The molecule has 0 heterocycles. The summed E-state index contributed by atoms with van der Waals surface area (Å²) in [6.07, 6.45) is 5.09. The maximum Gasteiger partial charge on any atom is 0.0248 e. The molecular weight excluding hydrogens is 194 g/mol. The van der Waals surface area contributed by atoms with E-state index in [-0.39, 0.29) is 11.0 Å².